The van der Waals surface area contributed by atoms with E-state index in [1.165, 1.54) is 0 Å². The number of halogens is 1. The minimum absolute atomic E-state index is 0.155. The molecule has 0 amide bonds. The van der Waals surface area contributed by atoms with Gasteiger partial charge in [0.25, 0.3) is 0 Å². The molecule has 0 aliphatic heterocycles. The average molecular weight is 247 g/mol. The van der Waals surface area contributed by atoms with Crippen molar-refractivity contribution in [1.82, 2.24) is 0 Å². The molecule has 0 rings (SSSR count). The fourth-order valence-electron chi connectivity index (χ4n) is 0.872. The van der Waals surface area contributed by atoms with Gasteiger partial charge < -0.3 is 4.74 Å². The summed E-state index contributed by atoms with van der Waals surface area (Å²) < 4.78 is 4.91. The lowest BCUT2D eigenvalue weighted by Crippen LogP contribution is -2.16. The Morgan fingerprint density at radius 3 is 2.85 bits per heavy atom. The SMILES string of the molecule is C=CC=CC(CCBr)C(=O)OCC. The van der Waals surface area contributed by atoms with Crippen molar-refractivity contribution in [3.8, 4) is 0 Å². The predicted molar refractivity (Wildman–Crippen MR) is 57.9 cm³/mol. The van der Waals surface area contributed by atoms with Crippen LogP contribution >= 0.6 is 15.9 Å². The Morgan fingerprint density at radius 2 is 2.38 bits per heavy atom. The van der Waals surface area contributed by atoms with Crippen LogP contribution in [0, 0.1) is 5.92 Å². The molecule has 0 bridgehead atoms. The summed E-state index contributed by atoms with van der Waals surface area (Å²) in [6.45, 7) is 5.78. The van der Waals surface area contributed by atoms with Crippen molar-refractivity contribution in [3.63, 3.8) is 0 Å². The van der Waals surface area contributed by atoms with Crippen LogP contribution in [-0.4, -0.2) is 17.9 Å². The third-order valence-corrected chi connectivity index (χ3v) is 1.95. The summed E-state index contributed by atoms with van der Waals surface area (Å²) in [6, 6.07) is 0. The Morgan fingerprint density at radius 1 is 1.69 bits per heavy atom. The van der Waals surface area contributed by atoms with Crippen LogP contribution in [0.5, 0.6) is 0 Å². The number of hydrogen-bond donors (Lipinski definition) is 0. The summed E-state index contributed by atoms with van der Waals surface area (Å²) in [4.78, 5) is 11.3. The first kappa shape index (κ1) is 12.4. The molecule has 1 unspecified atom stereocenters. The maximum atomic E-state index is 11.3. The van der Waals surface area contributed by atoms with Gasteiger partial charge in [0, 0.05) is 5.33 Å². The van der Waals surface area contributed by atoms with E-state index in [-0.39, 0.29) is 11.9 Å². The summed E-state index contributed by atoms with van der Waals surface area (Å²) in [5.41, 5.74) is 0. The number of carbonyl (C=O) groups excluding carboxylic acids is 1. The quantitative estimate of drug-likeness (QED) is 0.410. The van der Waals surface area contributed by atoms with E-state index in [2.05, 4.69) is 22.5 Å². The molecule has 0 aliphatic rings. The molecule has 0 aromatic rings. The smallest absolute Gasteiger partial charge is 0.312 e. The molecular formula is C10H15BrO2. The number of rotatable bonds is 6. The molecule has 0 spiro atoms. The van der Waals surface area contributed by atoms with Crippen LogP contribution in [-0.2, 0) is 9.53 Å². The zero-order chi connectivity index (χ0) is 10.1. The second kappa shape index (κ2) is 8.05. The van der Waals surface area contributed by atoms with Gasteiger partial charge in [0.15, 0.2) is 0 Å². The average Bonchev–Trinajstić information content (AvgIpc) is 2.12. The molecule has 0 radical (unpaired) electrons. The Balaban J connectivity index is 4.13. The largest absolute Gasteiger partial charge is 0.466 e. The summed E-state index contributed by atoms with van der Waals surface area (Å²) in [5.74, 6) is -0.322. The Labute approximate surface area is 87.8 Å². The number of esters is 1. The third-order valence-electron chi connectivity index (χ3n) is 1.49. The van der Waals surface area contributed by atoms with Crippen molar-refractivity contribution in [2.45, 2.75) is 13.3 Å². The second-order valence-corrected chi connectivity index (χ2v) is 3.25. The van der Waals surface area contributed by atoms with Crippen LogP contribution in [0.4, 0.5) is 0 Å². The van der Waals surface area contributed by atoms with E-state index < -0.39 is 0 Å². The number of allylic oxidation sites excluding steroid dienone is 2. The van der Waals surface area contributed by atoms with Gasteiger partial charge in [0.1, 0.15) is 0 Å². The van der Waals surface area contributed by atoms with Crippen LogP contribution in [0.25, 0.3) is 0 Å². The van der Waals surface area contributed by atoms with Crippen LogP contribution in [0.15, 0.2) is 24.8 Å². The summed E-state index contributed by atoms with van der Waals surface area (Å²) in [5, 5.41) is 0.790. The molecule has 0 fully saturated rings. The molecule has 74 valence electrons. The van der Waals surface area contributed by atoms with Gasteiger partial charge in [-0.15, -0.1) is 0 Å². The normalized spacial score (nSPS) is 12.8. The maximum Gasteiger partial charge on any atom is 0.312 e. The second-order valence-electron chi connectivity index (χ2n) is 2.46. The first-order chi connectivity index (χ1) is 6.26. The molecule has 0 saturated heterocycles. The summed E-state index contributed by atoms with van der Waals surface area (Å²) in [6.07, 6.45) is 5.99. The molecule has 0 aliphatic carbocycles. The predicted octanol–water partition coefficient (Wildman–Crippen LogP) is 2.69. The van der Waals surface area contributed by atoms with E-state index in [0.717, 1.165) is 11.8 Å². The molecule has 0 N–H and O–H groups in total. The van der Waals surface area contributed by atoms with E-state index in [1.54, 1.807) is 19.1 Å². The fourth-order valence-corrected chi connectivity index (χ4v) is 1.37. The highest BCUT2D eigenvalue weighted by Crippen LogP contribution is 2.09. The van der Waals surface area contributed by atoms with E-state index in [0.29, 0.717) is 6.61 Å². The minimum Gasteiger partial charge on any atom is -0.466 e. The number of ether oxygens (including phenoxy) is 1. The van der Waals surface area contributed by atoms with Gasteiger partial charge in [-0.2, -0.15) is 0 Å². The molecule has 0 saturated carbocycles. The van der Waals surface area contributed by atoms with Crippen LogP contribution < -0.4 is 0 Å². The van der Waals surface area contributed by atoms with E-state index in [1.807, 2.05) is 6.08 Å². The van der Waals surface area contributed by atoms with Crippen LogP contribution in [0.1, 0.15) is 13.3 Å². The molecular weight excluding hydrogens is 232 g/mol. The Hall–Kier alpha value is -0.570. The van der Waals surface area contributed by atoms with Crippen LogP contribution in [0.2, 0.25) is 0 Å². The Kier molecular flexibility index (Phi) is 7.69. The van der Waals surface area contributed by atoms with E-state index >= 15 is 0 Å². The van der Waals surface area contributed by atoms with Gasteiger partial charge in [-0.05, 0) is 13.3 Å². The molecule has 3 heteroatoms. The lowest BCUT2D eigenvalue weighted by Gasteiger charge is -2.09. The lowest BCUT2D eigenvalue weighted by molar-refractivity contribution is -0.146. The topological polar surface area (TPSA) is 26.3 Å². The molecule has 0 aromatic heterocycles. The van der Waals surface area contributed by atoms with E-state index in [9.17, 15) is 4.79 Å². The van der Waals surface area contributed by atoms with E-state index in [4.69, 9.17) is 4.74 Å². The standard InChI is InChI=1S/C10H15BrO2/c1-3-5-6-9(7-8-11)10(12)13-4-2/h3,5-6,9H,1,4,7-8H2,2H3. The first-order valence-electron chi connectivity index (χ1n) is 4.28. The van der Waals surface area contributed by atoms with Crippen molar-refractivity contribution in [2.24, 2.45) is 5.92 Å². The van der Waals surface area contributed by atoms with Crippen molar-refractivity contribution >= 4 is 21.9 Å². The van der Waals surface area contributed by atoms with Gasteiger partial charge in [-0.3, -0.25) is 4.79 Å². The van der Waals surface area contributed by atoms with Gasteiger partial charge in [0.2, 0.25) is 0 Å². The highest BCUT2D eigenvalue weighted by atomic mass is 79.9. The van der Waals surface area contributed by atoms with Gasteiger partial charge in [-0.25, -0.2) is 0 Å². The number of hydrogen-bond acceptors (Lipinski definition) is 2. The van der Waals surface area contributed by atoms with Crippen LogP contribution in [0.3, 0.4) is 0 Å². The molecule has 0 heterocycles. The Bertz CT molecular complexity index is 187. The van der Waals surface area contributed by atoms with Crippen molar-refractivity contribution in [1.29, 1.82) is 0 Å². The third kappa shape index (κ3) is 5.64. The van der Waals surface area contributed by atoms with Crippen molar-refractivity contribution in [2.75, 3.05) is 11.9 Å². The summed E-state index contributed by atoms with van der Waals surface area (Å²) >= 11 is 3.29. The van der Waals surface area contributed by atoms with Gasteiger partial charge >= 0.3 is 5.97 Å². The molecule has 13 heavy (non-hydrogen) atoms. The molecule has 1 atom stereocenters. The first-order valence-corrected chi connectivity index (χ1v) is 5.40. The zero-order valence-corrected chi connectivity index (χ0v) is 9.42. The summed E-state index contributed by atoms with van der Waals surface area (Å²) in [7, 11) is 0. The van der Waals surface area contributed by atoms with Crippen molar-refractivity contribution < 1.29 is 9.53 Å². The minimum atomic E-state index is -0.167. The number of alkyl halides is 1. The van der Waals surface area contributed by atoms with Crippen molar-refractivity contribution in [3.05, 3.63) is 24.8 Å². The molecule has 2 nitrogen and oxygen atoms in total. The molecule has 0 aromatic carbocycles. The highest BCUT2D eigenvalue weighted by molar-refractivity contribution is 9.09. The lowest BCUT2D eigenvalue weighted by atomic mass is 10.1. The monoisotopic (exact) mass is 246 g/mol. The number of carbonyl (C=O) groups is 1. The zero-order valence-electron chi connectivity index (χ0n) is 7.83. The highest BCUT2D eigenvalue weighted by Gasteiger charge is 2.14. The van der Waals surface area contributed by atoms with Gasteiger partial charge in [-0.1, -0.05) is 40.7 Å². The fraction of sp³-hybridized carbons (Fsp3) is 0.500. The van der Waals surface area contributed by atoms with Gasteiger partial charge in [0.05, 0.1) is 12.5 Å². The maximum absolute atomic E-state index is 11.3.